The molecule has 31 heavy (non-hydrogen) atoms. The summed E-state index contributed by atoms with van der Waals surface area (Å²) in [6, 6.07) is 0. The fourth-order valence-corrected chi connectivity index (χ4v) is 2.79. The smallest absolute Gasteiger partial charge is 0.330 e. The number of anilines is 1. The topological polar surface area (TPSA) is 214 Å². The molecule has 0 aliphatic carbocycles. The van der Waals surface area contributed by atoms with Crippen LogP contribution < -0.4 is 28.1 Å². The molecule has 14 nitrogen and oxygen atoms in total. The standard InChI is InChI=1S/C10H14N2O5.C6H6N6O.Sn/c1-5-3-12(10(16)11-9(5)15)8-2-6(14)7(4-13)17-8;7-12-6-10-4-3(5(13)11-6)8-1-2-9-4;/h3,6-8,13-14H,2,4H2,1H3,(H,11,15,16);1-2H,7H2,(H2,9,10,11,12,13);/t6-,7+,8+;;/m0../s1. The van der Waals surface area contributed by atoms with Gasteiger partial charge in [0.05, 0.1) is 12.7 Å². The van der Waals surface area contributed by atoms with Crippen molar-refractivity contribution >= 4 is 41.0 Å². The second-order valence-corrected chi connectivity index (χ2v) is 6.38. The van der Waals surface area contributed by atoms with E-state index in [0.717, 1.165) is 0 Å². The number of hydrogen-bond acceptors (Lipinski definition) is 11. The minimum atomic E-state index is -0.816. The molecule has 0 unspecified atom stereocenters. The second-order valence-electron chi connectivity index (χ2n) is 6.38. The number of hydrogen-bond donors (Lipinski definition) is 6. The van der Waals surface area contributed by atoms with E-state index in [1.54, 1.807) is 6.92 Å². The molecule has 1 saturated heterocycles. The number of nitrogens with zero attached hydrogens (tertiary/aromatic N) is 4. The Morgan fingerprint density at radius 2 is 1.97 bits per heavy atom. The van der Waals surface area contributed by atoms with E-state index in [1.165, 1.54) is 23.2 Å². The first-order chi connectivity index (χ1) is 14.3. The summed E-state index contributed by atoms with van der Waals surface area (Å²) < 4.78 is 6.54. The van der Waals surface area contributed by atoms with E-state index in [9.17, 15) is 19.5 Å². The number of nitrogen functional groups attached to an aromatic ring is 1. The van der Waals surface area contributed by atoms with E-state index in [2.05, 4.69) is 30.3 Å². The number of aliphatic hydroxyl groups is 2. The number of aryl methyl sites for hydroxylation is 1. The van der Waals surface area contributed by atoms with Crippen LogP contribution in [0.2, 0.25) is 0 Å². The quantitative estimate of drug-likeness (QED) is 0.113. The second kappa shape index (κ2) is 10.6. The van der Waals surface area contributed by atoms with Crippen LogP contribution >= 0.6 is 0 Å². The van der Waals surface area contributed by atoms with Crippen molar-refractivity contribution in [1.29, 1.82) is 0 Å². The average Bonchev–Trinajstić information content (AvgIpc) is 3.11. The molecule has 1 fully saturated rings. The van der Waals surface area contributed by atoms with Crippen molar-refractivity contribution < 1.29 is 14.9 Å². The fourth-order valence-electron chi connectivity index (χ4n) is 2.79. The molecule has 3 aromatic heterocycles. The Morgan fingerprint density at radius 3 is 2.61 bits per heavy atom. The van der Waals surface area contributed by atoms with E-state index in [1.807, 2.05) is 0 Å². The maximum atomic E-state index is 11.6. The minimum Gasteiger partial charge on any atom is -0.394 e. The number of ether oxygens (including phenoxy) is 1. The Labute approximate surface area is 190 Å². The molecule has 4 rings (SSSR count). The van der Waals surface area contributed by atoms with Gasteiger partial charge in [-0.15, -0.1) is 0 Å². The van der Waals surface area contributed by atoms with E-state index in [0.29, 0.717) is 5.56 Å². The van der Waals surface area contributed by atoms with Crippen molar-refractivity contribution in [3.05, 3.63) is 55.3 Å². The third-order valence-corrected chi connectivity index (χ3v) is 4.32. The van der Waals surface area contributed by atoms with E-state index >= 15 is 0 Å². The number of nitrogens with one attached hydrogen (secondary N) is 3. The summed E-state index contributed by atoms with van der Waals surface area (Å²) in [5, 5.41) is 18.5. The largest absolute Gasteiger partial charge is 0.394 e. The van der Waals surface area contributed by atoms with Gasteiger partial charge in [-0.05, 0) is 6.92 Å². The predicted octanol–water partition coefficient (Wildman–Crippen LogP) is -2.90. The van der Waals surface area contributed by atoms with Crippen molar-refractivity contribution in [2.24, 2.45) is 5.84 Å². The van der Waals surface area contributed by atoms with Crippen LogP contribution in [0.15, 0.2) is 33.0 Å². The molecule has 4 heterocycles. The molecule has 0 bridgehead atoms. The number of fused-ring (bicyclic) bond motifs is 1. The minimum absolute atomic E-state index is 0. The molecular weight excluding hydrogens is 519 g/mol. The first-order valence-electron chi connectivity index (χ1n) is 8.78. The summed E-state index contributed by atoms with van der Waals surface area (Å²) in [4.78, 5) is 50.1. The van der Waals surface area contributed by atoms with Crippen LogP contribution in [0.1, 0.15) is 18.2 Å². The van der Waals surface area contributed by atoms with Gasteiger partial charge < -0.3 is 14.9 Å². The SMILES string of the molecule is Cc1cn([C@H]2C[C@H](O)[C@@H](CO)O2)c(=O)[nH]c1=O.NNc1nc2nccnc2c(=O)[nH]1.[Sn]. The molecule has 0 spiro atoms. The molecule has 15 heteroatoms. The summed E-state index contributed by atoms with van der Waals surface area (Å²) in [7, 11) is 0. The van der Waals surface area contributed by atoms with Crippen LogP contribution in [0.3, 0.4) is 0 Å². The van der Waals surface area contributed by atoms with Crippen molar-refractivity contribution in [2.45, 2.75) is 31.8 Å². The number of H-pyrrole nitrogens is 2. The Morgan fingerprint density at radius 1 is 1.26 bits per heavy atom. The fraction of sp³-hybridized carbons (Fsp3) is 0.375. The maximum Gasteiger partial charge on any atom is 0.330 e. The summed E-state index contributed by atoms with van der Waals surface area (Å²) in [6.45, 7) is 1.26. The Bertz CT molecular complexity index is 1210. The number of rotatable bonds is 3. The molecule has 0 amide bonds. The molecule has 3 aromatic rings. The zero-order chi connectivity index (χ0) is 21.8. The van der Waals surface area contributed by atoms with Gasteiger partial charge >= 0.3 is 5.69 Å². The number of aromatic amines is 2. The van der Waals surface area contributed by atoms with Crippen LogP contribution in [0.25, 0.3) is 11.2 Å². The van der Waals surface area contributed by atoms with Crippen LogP contribution in [0, 0.1) is 6.92 Å². The van der Waals surface area contributed by atoms with Crippen LogP contribution in [0.4, 0.5) is 5.95 Å². The monoisotopic (exact) mass is 540 g/mol. The van der Waals surface area contributed by atoms with E-state index in [4.69, 9.17) is 15.7 Å². The summed E-state index contributed by atoms with van der Waals surface area (Å²) >= 11 is 0. The molecule has 164 valence electrons. The van der Waals surface area contributed by atoms with Crippen LogP contribution in [0.5, 0.6) is 0 Å². The van der Waals surface area contributed by atoms with Gasteiger partial charge in [-0.3, -0.25) is 29.5 Å². The molecule has 7 N–H and O–H groups in total. The Hall–Kier alpha value is -2.66. The third-order valence-electron chi connectivity index (χ3n) is 4.32. The predicted molar refractivity (Wildman–Crippen MR) is 109 cm³/mol. The number of hydrazine groups is 1. The maximum absolute atomic E-state index is 11.6. The van der Waals surface area contributed by atoms with Crippen LogP contribution in [-0.2, 0) is 4.74 Å². The Kier molecular flexibility index (Phi) is 8.40. The molecule has 4 radical (unpaired) electrons. The van der Waals surface area contributed by atoms with Crippen LogP contribution in [-0.4, -0.2) is 82.4 Å². The van der Waals surface area contributed by atoms with Gasteiger partial charge in [-0.2, -0.15) is 4.98 Å². The van der Waals surface area contributed by atoms with Crippen molar-refractivity contribution in [2.75, 3.05) is 12.0 Å². The molecule has 0 saturated carbocycles. The third kappa shape index (κ3) is 5.53. The first kappa shape index (κ1) is 24.6. The van der Waals surface area contributed by atoms with Gasteiger partial charge in [0.2, 0.25) is 5.95 Å². The molecule has 3 atom stereocenters. The van der Waals surface area contributed by atoms with E-state index < -0.39 is 29.7 Å². The summed E-state index contributed by atoms with van der Waals surface area (Å²) in [6.07, 6.45) is 2.30. The molecule has 1 aliphatic heterocycles. The zero-order valence-electron chi connectivity index (χ0n) is 16.3. The average molecular weight is 539 g/mol. The van der Waals surface area contributed by atoms with Crippen molar-refractivity contribution in [3.63, 3.8) is 0 Å². The van der Waals surface area contributed by atoms with Gasteiger partial charge in [0.25, 0.3) is 11.1 Å². The molecule has 0 aromatic carbocycles. The van der Waals surface area contributed by atoms with Crippen molar-refractivity contribution in [3.8, 4) is 0 Å². The Balaban J connectivity index is 0.000000220. The van der Waals surface area contributed by atoms with Crippen molar-refractivity contribution in [1.82, 2.24) is 29.5 Å². The molecular formula is C16H20N8O6Sn. The van der Waals surface area contributed by atoms with Gasteiger partial charge in [0.1, 0.15) is 12.3 Å². The van der Waals surface area contributed by atoms with Gasteiger partial charge in [0.15, 0.2) is 11.2 Å². The first-order valence-corrected chi connectivity index (χ1v) is 8.78. The summed E-state index contributed by atoms with van der Waals surface area (Å²) in [5.41, 5.74) is 1.67. The number of aliphatic hydroxyl groups excluding tert-OH is 2. The van der Waals surface area contributed by atoms with E-state index in [-0.39, 0.29) is 59.6 Å². The van der Waals surface area contributed by atoms with Gasteiger partial charge in [-0.1, -0.05) is 0 Å². The summed E-state index contributed by atoms with van der Waals surface area (Å²) in [5.74, 6) is 5.24. The number of nitrogens with two attached hydrogens (primary N) is 1. The number of aromatic nitrogens is 6. The normalized spacial score (nSPS) is 19.9. The molecule has 1 aliphatic rings. The van der Waals surface area contributed by atoms with Gasteiger partial charge in [0, 0.05) is 54.5 Å². The zero-order valence-corrected chi connectivity index (χ0v) is 19.1. The van der Waals surface area contributed by atoms with Gasteiger partial charge in [-0.25, -0.2) is 20.6 Å².